The number of ether oxygens (including phenoxy) is 1. The third-order valence-corrected chi connectivity index (χ3v) is 8.50. The molecule has 4 aliphatic heterocycles. The fraction of sp³-hybridized carbons (Fsp3) is 0.481. The van der Waals surface area contributed by atoms with E-state index in [2.05, 4.69) is 49.8 Å². The zero-order valence-electron chi connectivity index (χ0n) is 23.1. The van der Waals surface area contributed by atoms with Crippen molar-refractivity contribution in [3.8, 4) is 5.75 Å². The topological polar surface area (TPSA) is 205 Å². The molecule has 0 bridgehead atoms. The van der Waals surface area contributed by atoms with Crippen LogP contribution in [0.3, 0.4) is 0 Å². The summed E-state index contributed by atoms with van der Waals surface area (Å²) in [6.07, 6.45) is 2.62. The Hall–Kier alpha value is -4.46. The minimum Gasteiger partial charge on any atom is -0.492 e. The van der Waals surface area contributed by atoms with E-state index in [1.807, 2.05) is 12.1 Å². The number of benzene rings is 1. The molecule has 41 heavy (non-hydrogen) atoms. The smallest absolute Gasteiger partial charge is 0.271 e. The van der Waals surface area contributed by atoms with Crippen LogP contribution in [0.4, 0.5) is 0 Å². The van der Waals surface area contributed by atoms with E-state index in [1.54, 1.807) is 17.9 Å². The lowest BCUT2D eigenvalue weighted by Crippen LogP contribution is -2.73. The van der Waals surface area contributed by atoms with Crippen LogP contribution < -0.4 is 32.2 Å². The number of para-hydroxylation sites is 1. The number of fused-ring (bicyclic) bond motifs is 1. The van der Waals surface area contributed by atoms with Gasteiger partial charge in [0.15, 0.2) is 17.6 Å². The SMILES string of the molecule is Cc1nccnc1C(=O)NC[C@@H]1N=C(N)N2CC(NC(=O)c3cccc4c3OCCC4(C)C)[C@@H](O)C23NC(N)=NC13. The quantitative estimate of drug-likeness (QED) is 0.255. The first-order valence-electron chi connectivity index (χ1n) is 13.6. The van der Waals surface area contributed by atoms with Crippen molar-refractivity contribution in [2.75, 3.05) is 19.7 Å². The normalized spacial score (nSPS) is 29.1. The number of aliphatic hydroxyl groups is 1. The number of amides is 2. The second-order valence-corrected chi connectivity index (χ2v) is 11.5. The van der Waals surface area contributed by atoms with E-state index >= 15 is 0 Å². The largest absolute Gasteiger partial charge is 0.492 e. The number of carbonyl (C=O) groups excluding carboxylic acids is 2. The summed E-state index contributed by atoms with van der Waals surface area (Å²) in [5.74, 6) is 0.0000352. The second-order valence-electron chi connectivity index (χ2n) is 11.5. The van der Waals surface area contributed by atoms with Crippen LogP contribution in [-0.2, 0) is 5.41 Å². The first-order chi connectivity index (χ1) is 19.5. The van der Waals surface area contributed by atoms with Gasteiger partial charge < -0.3 is 42.2 Å². The highest BCUT2D eigenvalue weighted by atomic mass is 16.5. The minimum absolute atomic E-state index is 0.0568. The molecule has 5 atom stereocenters. The summed E-state index contributed by atoms with van der Waals surface area (Å²) in [4.78, 5) is 45.4. The molecule has 4 aliphatic rings. The maximum Gasteiger partial charge on any atom is 0.271 e. The van der Waals surface area contributed by atoms with Gasteiger partial charge in [0, 0.05) is 31.0 Å². The zero-order chi connectivity index (χ0) is 29.1. The summed E-state index contributed by atoms with van der Waals surface area (Å²) in [5, 5.41) is 20.6. The summed E-state index contributed by atoms with van der Waals surface area (Å²) in [6.45, 7) is 6.67. The van der Waals surface area contributed by atoms with E-state index in [-0.39, 0.29) is 42.0 Å². The molecule has 1 saturated heterocycles. The van der Waals surface area contributed by atoms with Crippen molar-refractivity contribution in [1.82, 2.24) is 30.8 Å². The molecule has 0 radical (unpaired) electrons. The van der Waals surface area contributed by atoms with Crippen LogP contribution in [-0.4, -0.2) is 93.3 Å². The molecule has 8 N–H and O–H groups in total. The Morgan fingerprint density at radius 1 is 1.20 bits per heavy atom. The van der Waals surface area contributed by atoms with Crippen LogP contribution in [0.25, 0.3) is 0 Å². The Morgan fingerprint density at radius 2 is 1.98 bits per heavy atom. The van der Waals surface area contributed by atoms with Gasteiger partial charge in [0.05, 0.1) is 29.9 Å². The highest BCUT2D eigenvalue weighted by Crippen LogP contribution is 2.42. The number of nitrogens with zero attached hydrogens (tertiary/aromatic N) is 5. The van der Waals surface area contributed by atoms with Crippen LogP contribution in [0.5, 0.6) is 5.75 Å². The fourth-order valence-corrected chi connectivity index (χ4v) is 6.31. The van der Waals surface area contributed by atoms with Crippen molar-refractivity contribution in [2.24, 2.45) is 21.5 Å². The van der Waals surface area contributed by atoms with Gasteiger partial charge in [0.1, 0.15) is 23.6 Å². The highest BCUT2D eigenvalue weighted by Gasteiger charge is 2.65. The number of nitrogens with two attached hydrogens (primary N) is 2. The van der Waals surface area contributed by atoms with Crippen molar-refractivity contribution in [1.29, 1.82) is 0 Å². The Morgan fingerprint density at radius 3 is 2.76 bits per heavy atom. The van der Waals surface area contributed by atoms with Gasteiger partial charge in [-0.3, -0.25) is 14.6 Å². The predicted octanol–water partition coefficient (Wildman–Crippen LogP) is -1.27. The van der Waals surface area contributed by atoms with Crippen LogP contribution in [0, 0.1) is 6.92 Å². The molecular formula is C27H34N10O4. The molecule has 2 aromatic rings. The first kappa shape index (κ1) is 26.7. The number of carbonyl (C=O) groups is 2. The van der Waals surface area contributed by atoms with E-state index in [0.717, 1.165) is 12.0 Å². The summed E-state index contributed by atoms with van der Waals surface area (Å²) in [7, 11) is 0. The van der Waals surface area contributed by atoms with Gasteiger partial charge in [-0.1, -0.05) is 26.0 Å². The predicted molar refractivity (Wildman–Crippen MR) is 149 cm³/mol. The Balaban J connectivity index is 1.23. The Labute approximate surface area is 236 Å². The van der Waals surface area contributed by atoms with Gasteiger partial charge >= 0.3 is 0 Å². The second kappa shape index (κ2) is 9.58. The standard InChI is InChI=1S/C27H34N10O4/c1-13-18(31-9-8-30-13)23(40)32-11-16-20-27(36-24(28)35-20)21(38)17(12-37(27)25(29)34-16)33-22(39)14-5-4-6-15-19(14)41-10-7-26(15,2)3/h4-6,8-9,16-17,20-21,38H,7,10-12H2,1-3H3,(H2,29,34)(H,32,40)(H,33,39)(H3,28,35,36)/t16-,17?,20?,21+,27?/m0/s1. The molecule has 2 amide bonds. The maximum atomic E-state index is 13.6. The molecule has 3 unspecified atom stereocenters. The van der Waals surface area contributed by atoms with Gasteiger partial charge in [0.25, 0.3) is 11.8 Å². The molecule has 1 aromatic carbocycles. The third kappa shape index (κ3) is 4.20. The monoisotopic (exact) mass is 562 g/mol. The average molecular weight is 563 g/mol. The van der Waals surface area contributed by atoms with E-state index in [0.29, 0.717) is 23.6 Å². The fourth-order valence-electron chi connectivity index (χ4n) is 6.31. The summed E-state index contributed by atoms with van der Waals surface area (Å²) < 4.78 is 5.93. The van der Waals surface area contributed by atoms with Crippen molar-refractivity contribution >= 4 is 23.7 Å². The number of rotatable bonds is 5. The maximum absolute atomic E-state index is 13.6. The lowest BCUT2D eigenvalue weighted by Gasteiger charge is -2.46. The minimum atomic E-state index is -1.26. The van der Waals surface area contributed by atoms with E-state index in [4.69, 9.17) is 16.2 Å². The highest BCUT2D eigenvalue weighted by molar-refractivity contribution is 5.98. The zero-order valence-corrected chi connectivity index (χ0v) is 23.1. The molecule has 0 aliphatic carbocycles. The van der Waals surface area contributed by atoms with Gasteiger partial charge in [-0.05, 0) is 24.8 Å². The van der Waals surface area contributed by atoms with Gasteiger partial charge in [0.2, 0.25) is 0 Å². The number of hydrogen-bond donors (Lipinski definition) is 6. The molecular weight excluding hydrogens is 528 g/mol. The molecule has 14 nitrogen and oxygen atoms in total. The molecule has 6 rings (SSSR count). The molecule has 1 spiro atoms. The third-order valence-electron chi connectivity index (χ3n) is 8.50. The van der Waals surface area contributed by atoms with Crippen LogP contribution in [0.2, 0.25) is 0 Å². The lowest BCUT2D eigenvalue weighted by molar-refractivity contribution is 0.0143. The molecule has 1 fully saturated rings. The average Bonchev–Trinajstić information content (AvgIpc) is 3.43. The number of aliphatic imine (C=N–C) groups is 2. The van der Waals surface area contributed by atoms with Gasteiger partial charge in [-0.2, -0.15) is 0 Å². The molecule has 216 valence electrons. The molecule has 1 aromatic heterocycles. The summed E-state index contributed by atoms with van der Waals surface area (Å²) in [6, 6.07) is 3.43. The molecule has 14 heteroatoms. The molecule has 0 saturated carbocycles. The van der Waals surface area contributed by atoms with Crippen molar-refractivity contribution in [2.45, 2.75) is 62.5 Å². The van der Waals surface area contributed by atoms with Crippen molar-refractivity contribution < 1.29 is 19.4 Å². The van der Waals surface area contributed by atoms with E-state index in [1.165, 1.54) is 12.4 Å². The Bertz CT molecular complexity index is 1480. The number of aromatic nitrogens is 2. The Kier molecular flexibility index (Phi) is 6.25. The van der Waals surface area contributed by atoms with Crippen LogP contribution >= 0.6 is 0 Å². The number of aliphatic hydroxyl groups excluding tert-OH is 1. The number of aryl methyl sites for hydroxylation is 1. The summed E-state index contributed by atoms with van der Waals surface area (Å²) in [5.41, 5.74) is 13.2. The van der Waals surface area contributed by atoms with Gasteiger partial charge in [-0.25, -0.2) is 15.0 Å². The number of nitrogens with one attached hydrogen (secondary N) is 3. The summed E-state index contributed by atoms with van der Waals surface area (Å²) >= 11 is 0. The van der Waals surface area contributed by atoms with Crippen molar-refractivity contribution in [3.05, 3.63) is 53.1 Å². The van der Waals surface area contributed by atoms with E-state index < -0.39 is 35.8 Å². The van der Waals surface area contributed by atoms with Crippen molar-refractivity contribution in [3.63, 3.8) is 0 Å². The van der Waals surface area contributed by atoms with Gasteiger partial charge in [-0.15, -0.1) is 0 Å². The van der Waals surface area contributed by atoms with E-state index in [9.17, 15) is 14.7 Å². The lowest BCUT2D eigenvalue weighted by atomic mass is 9.79. The number of hydrogen-bond acceptors (Lipinski definition) is 12. The van der Waals surface area contributed by atoms with Crippen LogP contribution in [0.15, 0.2) is 40.6 Å². The molecule has 5 heterocycles. The number of guanidine groups is 2. The van der Waals surface area contributed by atoms with Crippen LogP contribution in [0.1, 0.15) is 52.4 Å². The first-order valence-corrected chi connectivity index (χ1v) is 13.6.